The monoisotopic (exact) mass is 234 g/mol. The van der Waals surface area contributed by atoms with Crippen molar-refractivity contribution in [2.24, 2.45) is 0 Å². The minimum atomic E-state index is -0.306. The van der Waals surface area contributed by atoms with Crippen LogP contribution in [0.25, 0.3) is 0 Å². The summed E-state index contributed by atoms with van der Waals surface area (Å²) in [5.74, 6) is 0.888. The SMILES string of the molecule is Cc1ccc(OC2CCCCCC2O)cc1C. The fraction of sp³-hybridized carbons (Fsp3) is 0.600. The predicted molar refractivity (Wildman–Crippen MR) is 69.4 cm³/mol. The van der Waals surface area contributed by atoms with Gasteiger partial charge in [-0.2, -0.15) is 0 Å². The molecule has 0 bridgehead atoms. The van der Waals surface area contributed by atoms with Crippen LogP contribution in [0.2, 0.25) is 0 Å². The maximum atomic E-state index is 10.0. The van der Waals surface area contributed by atoms with Crippen LogP contribution in [0, 0.1) is 13.8 Å². The van der Waals surface area contributed by atoms with Crippen LogP contribution in [0.5, 0.6) is 5.75 Å². The second-order valence-corrected chi connectivity index (χ2v) is 5.11. The van der Waals surface area contributed by atoms with Crippen LogP contribution in [-0.2, 0) is 0 Å². The molecule has 1 fully saturated rings. The first-order valence-electron chi connectivity index (χ1n) is 6.59. The van der Waals surface area contributed by atoms with Crippen LogP contribution in [0.15, 0.2) is 18.2 Å². The third kappa shape index (κ3) is 3.22. The molecule has 1 aromatic carbocycles. The van der Waals surface area contributed by atoms with Crippen molar-refractivity contribution in [1.29, 1.82) is 0 Å². The van der Waals surface area contributed by atoms with Gasteiger partial charge in [-0.15, -0.1) is 0 Å². The Kier molecular flexibility index (Phi) is 4.06. The Morgan fingerprint density at radius 3 is 2.59 bits per heavy atom. The Labute approximate surface area is 104 Å². The molecular weight excluding hydrogens is 212 g/mol. The lowest BCUT2D eigenvalue weighted by Gasteiger charge is -2.22. The molecule has 2 atom stereocenters. The second kappa shape index (κ2) is 5.54. The smallest absolute Gasteiger partial charge is 0.124 e. The van der Waals surface area contributed by atoms with Gasteiger partial charge in [-0.1, -0.05) is 18.9 Å². The van der Waals surface area contributed by atoms with Crippen LogP contribution in [0.4, 0.5) is 0 Å². The summed E-state index contributed by atoms with van der Waals surface area (Å²) in [7, 11) is 0. The van der Waals surface area contributed by atoms with Crippen LogP contribution in [-0.4, -0.2) is 17.3 Å². The largest absolute Gasteiger partial charge is 0.488 e. The topological polar surface area (TPSA) is 29.5 Å². The number of aryl methyl sites for hydroxylation is 2. The van der Waals surface area contributed by atoms with E-state index < -0.39 is 0 Å². The van der Waals surface area contributed by atoms with Crippen molar-refractivity contribution in [3.8, 4) is 5.75 Å². The van der Waals surface area contributed by atoms with E-state index in [4.69, 9.17) is 4.74 Å². The Morgan fingerprint density at radius 1 is 1.06 bits per heavy atom. The Balaban J connectivity index is 2.05. The molecule has 2 heteroatoms. The van der Waals surface area contributed by atoms with Gasteiger partial charge in [-0.25, -0.2) is 0 Å². The number of benzene rings is 1. The van der Waals surface area contributed by atoms with Crippen molar-refractivity contribution < 1.29 is 9.84 Å². The molecule has 1 aromatic rings. The molecule has 1 saturated carbocycles. The maximum Gasteiger partial charge on any atom is 0.124 e. The molecule has 17 heavy (non-hydrogen) atoms. The van der Waals surface area contributed by atoms with Crippen LogP contribution in [0.1, 0.15) is 43.2 Å². The number of hydrogen-bond donors (Lipinski definition) is 1. The van der Waals surface area contributed by atoms with Crippen molar-refractivity contribution >= 4 is 0 Å². The molecule has 1 aliphatic carbocycles. The van der Waals surface area contributed by atoms with Gasteiger partial charge in [0.05, 0.1) is 6.10 Å². The summed E-state index contributed by atoms with van der Waals surface area (Å²) in [5, 5.41) is 10.0. The van der Waals surface area contributed by atoms with Gasteiger partial charge in [0.15, 0.2) is 0 Å². The third-order valence-corrected chi connectivity index (χ3v) is 3.68. The summed E-state index contributed by atoms with van der Waals surface area (Å²) in [6, 6.07) is 6.14. The first-order valence-corrected chi connectivity index (χ1v) is 6.59. The highest BCUT2D eigenvalue weighted by atomic mass is 16.5. The maximum absolute atomic E-state index is 10.0. The van der Waals surface area contributed by atoms with Crippen LogP contribution < -0.4 is 4.74 Å². The first-order chi connectivity index (χ1) is 8.16. The minimum Gasteiger partial charge on any atom is -0.488 e. The van der Waals surface area contributed by atoms with Gasteiger partial charge in [0.1, 0.15) is 11.9 Å². The van der Waals surface area contributed by atoms with Crippen molar-refractivity contribution in [3.63, 3.8) is 0 Å². The average molecular weight is 234 g/mol. The van der Waals surface area contributed by atoms with Crippen molar-refractivity contribution in [3.05, 3.63) is 29.3 Å². The molecule has 0 heterocycles. The zero-order chi connectivity index (χ0) is 12.3. The van der Waals surface area contributed by atoms with Gasteiger partial charge in [-0.3, -0.25) is 0 Å². The Bertz CT molecular complexity index is 373. The highest BCUT2D eigenvalue weighted by Gasteiger charge is 2.23. The van der Waals surface area contributed by atoms with E-state index in [1.807, 2.05) is 6.07 Å². The molecule has 0 radical (unpaired) electrons. The van der Waals surface area contributed by atoms with E-state index in [-0.39, 0.29) is 12.2 Å². The number of ether oxygens (including phenoxy) is 1. The zero-order valence-electron chi connectivity index (χ0n) is 10.8. The number of rotatable bonds is 2. The lowest BCUT2D eigenvalue weighted by Crippen LogP contribution is -2.30. The van der Waals surface area contributed by atoms with Gasteiger partial charge in [0.25, 0.3) is 0 Å². The molecule has 0 aromatic heterocycles. The summed E-state index contributed by atoms with van der Waals surface area (Å²) in [6.45, 7) is 4.19. The zero-order valence-corrected chi connectivity index (χ0v) is 10.8. The van der Waals surface area contributed by atoms with Crippen LogP contribution >= 0.6 is 0 Å². The lowest BCUT2D eigenvalue weighted by molar-refractivity contribution is 0.0319. The van der Waals surface area contributed by atoms with Gasteiger partial charge in [0, 0.05) is 0 Å². The summed E-state index contributed by atoms with van der Waals surface area (Å²) in [5.41, 5.74) is 2.52. The standard InChI is InChI=1S/C15H22O2/c1-11-8-9-13(10-12(11)2)17-15-7-5-3-4-6-14(15)16/h8-10,14-16H,3-7H2,1-2H3. The lowest BCUT2D eigenvalue weighted by atomic mass is 10.1. The molecule has 2 nitrogen and oxygen atoms in total. The van der Waals surface area contributed by atoms with Gasteiger partial charge < -0.3 is 9.84 Å². The normalized spacial score (nSPS) is 25.4. The highest BCUT2D eigenvalue weighted by molar-refractivity contribution is 5.34. The third-order valence-electron chi connectivity index (χ3n) is 3.68. The molecule has 0 aliphatic heterocycles. The minimum absolute atomic E-state index is 0.0281. The summed E-state index contributed by atoms with van der Waals surface area (Å²) in [6.07, 6.45) is 4.99. The Hall–Kier alpha value is -1.02. The highest BCUT2D eigenvalue weighted by Crippen LogP contribution is 2.24. The number of aliphatic hydroxyl groups is 1. The first kappa shape index (κ1) is 12.4. The molecule has 94 valence electrons. The van der Waals surface area contributed by atoms with E-state index >= 15 is 0 Å². The van der Waals surface area contributed by atoms with E-state index in [2.05, 4.69) is 26.0 Å². The van der Waals surface area contributed by atoms with E-state index in [0.29, 0.717) is 0 Å². The number of hydrogen-bond acceptors (Lipinski definition) is 2. The molecule has 2 unspecified atom stereocenters. The molecule has 0 spiro atoms. The van der Waals surface area contributed by atoms with Crippen molar-refractivity contribution in [2.45, 2.75) is 58.2 Å². The van der Waals surface area contributed by atoms with E-state index in [9.17, 15) is 5.11 Å². The molecule has 1 aliphatic rings. The quantitative estimate of drug-likeness (QED) is 0.795. The summed E-state index contributed by atoms with van der Waals surface area (Å²) in [4.78, 5) is 0. The van der Waals surface area contributed by atoms with Crippen molar-refractivity contribution in [1.82, 2.24) is 0 Å². The van der Waals surface area contributed by atoms with E-state index in [1.165, 1.54) is 17.5 Å². The number of aliphatic hydroxyl groups excluding tert-OH is 1. The average Bonchev–Trinajstić information content (AvgIpc) is 2.50. The molecular formula is C15H22O2. The van der Waals surface area contributed by atoms with E-state index in [0.717, 1.165) is 31.4 Å². The predicted octanol–water partition coefficient (Wildman–Crippen LogP) is 3.38. The fourth-order valence-electron chi connectivity index (χ4n) is 2.35. The second-order valence-electron chi connectivity index (χ2n) is 5.11. The van der Waals surface area contributed by atoms with E-state index in [1.54, 1.807) is 0 Å². The Morgan fingerprint density at radius 2 is 1.82 bits per heavy atom. The van der Waals surface area contributed by atoms with Crippen LogP contribution in [0.3, 0.4) is 0 Å². The molecule has 1 N–H and O–H groups in total. The van der Waals surface area contributed by atoms with Crippen molar-refractivity contribution in [2.75, 3.05) is 0 Å². The molecule has 0 amide bonds. The van der Waals surface area contributed by atoms with Gasteiger partial charge in [0.2, 0.25) is 0 Å². The molecule has 2 rings (SSSR count). The molecule has 0 saturated heterocycles. The summed E-state index contributed by atoms with van der Waals surface area (Å²) >= 11 is 0. The van der Waals surface area contributed by atoms with Gasteiger partial charge in [-0.05, 0) is 56.4 Å². The van der Waals surface area contributed by atoms with Gasteiger partial charge >= 0.3 is 0 Å². The fourth-order valence-corrected chi connectivity index (χ4v) is 2.35. The summed E-state index contributed by atoms with van der Waals surface area (Å²) < 4.78 is 5.93.